The van der Waals surface area contributed by atoms with Crippen molar-refractivity contribution in [3.05, 3.63) is 53.6 Å². The topological polar surface area (TPSA) is 53.5 Å². The predicted molar refractivity (Wildman–Crippen MR) is 85.6 cm³/mol. The third-order valence-corrected chi connectivity index (χ3v) is 4.47. The summed E-state index contributed by atoms with van der Waals surface area (Å²) in [6.45, 7) is 1.89. The van der Waals surface area contributed by atoms with Gasteiger partial charge in [0.25, 0.3) is 0 Å². The third-order valence-electron chi connectivity index (χ3n) is 4.47. The van der Waals surface area contributed by atoms with Crippen LogP contribution in [0, 0.1) is 0 Å². The Hall–Kier alpha value is -2.04. The van der Waals surface area contributed by atoms with Gasteiger partial charge in [-0.15, -0.1) is 0 Å². The summed E-state index contributed by atoms with van der Waals surface area (Å²) in [6.07, 6.45) is 1.85. The molecule has 0 amide bonds. The van der Waals surface area contributed by atoms with Crippen molar-refractivity contribution in [3.8, 4) is 17.2 Å². The van der Waals surface area contributed by atoms with Gasteiger partial charge in [-0.1, -0.05) is 24.3 Å². The van der Waals surface area contributed by atoms with E-state index in [2.05, 4.69) is 22.8 Å². The summed E-state index contributed by atoms with van der Waals surface area (Å²) in [5.41, 5.74) is 2.32. The molecule has 0 spiro atoms. The molecule has 5 heterocycles. The first-order valence-corrected chi connectivity index (χ1v) is 7.82. The molecule has 4 bridgehead atoms. The van der Waals surface area contributed by atoms with E-state index in [0.717, 1.165) is 37.2 Å². The molecule has 1 saturated heterocycles. The highest BCUT2D eigenvalue weighted by molar-refractivity contribution is 5.48. The second-order valence-electron chi connectivity index (χ2n) is 6.13. The number of phenolic OH excluding ortho intramolecular Hbond substituents is 1. The van der Waals surface area contributed by atoms with Crippen molar-refractivity contribution >= 4 is 0 Å². The maximum atomic E-state index is 10.2. The van der Waals surface area contributed by atoms with Crippen LogP contribution in [0.5, 0.6) is 17.2 Å². The summed E-state index contributed by atoms with van der Waals surface area (Å²) in [6, 6.07) is 14.5. The van der Waals surface area contributed by atoms with E-state index in [-0.39, 0.29) is 5.75 Å². The minimum atomic E-state index is 0.193. The van der Waals surface area contributed by atoms with Crippen LogP contribution < -0.4 is 15.4 Å². The van der Waals surface area contributed by atoms with Crippen LogP contribution in [0.1, 0.15) is 11.1 Å². The maximum Gasteiger partial charge on any atom is 0.172 e. The minimum absolute atomic E-state index is 0.193. The van der Waals surface area contributed by atoms with Gasteiger partial charge in [-0.2, -0.15) is 0 Å². The SMILES string of the molecule is Oc1cccc2c1Oc1ccc(cc1)C[C@H]1CN[C@H](CN1)C2. The largest absolute Gasteiger partial charge is 0.504 e. The lowest BCUT2D eigenvalue weighted by Gasteiger charge is -2.31. The van der Waals surface area contributed by atoms with Crippen molar-refractivity contribution in [2.45, 2.75) is 24.9 Å². The van der Waals surface area contributed by atoms with E-state index < -0.39 is 0 Å². The highest BCUT2D eigenvalue weighted by atomic mass is 16.5. The maximum absolute atomic E-state index is 10.2. The minimum Gasteiger partial charge on any atom is -0.504 e. The Morgan fingerprint density at radius 3 is 2.36 bits per heavy atom. The van der Waals surface area contributed by atoms with Crippen LogP contribution in [-0.2, 0) is 12.8 Å². The number of benzene rings is 2. The predicted octanol–water partition coefficient (Wildman–Crippen LogP) is 2.21. The Labute approximate surface area is 130 Å². The highest BCUT2D eigenvalue weighted by Gasteiger charge is 2.23. The van der Waals surface area contributed by atoms with Crippen LogP contribution in [0.2, 0.25) is 0 Å². The number of piperazine rings is 1. The molecule has 22 heavy (non-hydrogen) atoms. The fourth-order valence-electron chi connectivity index (χ4n) is 3.26. The molecule has 5 aliphatic heterocycles. The first-order chi connectivity index (χ1) is 10.8. The van der Waals surface area contributed by atoms with Crippen molar-refractivity contribution in [2.24, 2.45) is 0 Å². The molecule has 2 aromatic rings. The molecule has 114 valence electrons. The van der Waals surface area contributed by atoms with Gasteiger partial charge >= 0.3 is 0 Å². The lowest BCUT2D eigenvalue weighted by Crippen LogP contribution is -2.55. The highest BCUT2D eigenvalue weighted by Crippen LogP contribution is 2.35. The molecule has 0 saturated carbocycles. The van der Waals surface area contributed by atoms with Gasteiger partial charge in [-0.25, -0.2) is 0 Å². The Bertz CT molecular complexity index is 661. The van der Waals surface area contributed by atoms with Gasteiger partial charge < -0.3 is 20.5 Å². The number of rotatable bonds is 0. The zero-order valence-electron chi connectivity index (χ0n) is 12.4. The molecular weight excluding hydrogens is 276 g/mol. The van der Waals surface area contributed by atoms with E-state index in [4.69, 9.17) is 4.74 Å². The molecule has 5 aliphatic rings. The van der Waals surface area contributed by atoms with Crippen molar-refractivity contribution in [1.82, 2.24) is 10.6 Å². The van der Waals surface area contributed by atoms with Crippen molar-refractivity contribution in [1.29, 1.82) is 0 Å². The lowest BCUT2D eigenvalue weighted by atomic mass is 9.99. The number of ether oxygens (including phenoxy) is 1. The van der Waals surface area contributed by atoms with Crippen molar-refractivity contribution < 1.29 is 9.84 Å². The molecule has 7 rings (SSSR count). The smallest absolute Gasteiger partial charge is 0.172 e. The quantitative estimate of drug-likeness (QED) is 0.698. The molecule has 4 nitrogen and oxygen atoms in total. The van der Waals surface area contributed by atoms with Crippen molar-refractivity contribution in [3.63, 3.8) is 0 Å². The zero-order chi connectivity index (χ0) is 14.9. The van der Waals surface area contributed by atoms with Crippen LogP contribution in [-0.4, -0.2) is 30.3 Å². The molecule has 0 radical (unpaired) electrons. The number of hydrogen-bond donors (Lipinski definition) is 3. The van der Waals surface area contributed by atoms with E-state index in [9.17, 15) is 5.11 Å². The summed E-state index contributed by atoms with van der Waals surface area (Å²) >= 11 is 0. The summed E-state index contributed by atoms with van der Waals surface area (Å²) in [5.74, 6) is 1.52. The van der Waals surface area contributed by atoms with Gasteiger partial charge in [0.2, 0.25) is 0 Å². The third kappa shape index (κ3) is 2.67. The first-order valence-electron chi connectivity index (χ1n) is 7.82. The Morgan fingerprint density at radius 1 is 0.909 bits per heavy atom. The molecular formula is C18H20N2O2. The lowest BCUT2D eigenvalue weighted by molar-refractivity contribution is 0.339. The summed E-state index contributed by atoms with van der Waals surface area (Å²) in [4.78, 5) is 0. The number of phenols is 1. The van der Waals surface area contributed by atoms with E-state index in [1.54, 1.807) is 6.07 Å². The zero-order valence-corrected chi connectivity index (χ0v) is 12.4. The molecule has 2 aromatic carbocycles. The van der Waals surface area contributed by atoms with Gasteiger partial charge in [-0.3, -0.25) is 0 Å². The molecule has 1 fully saturated rings. The molecule has 0 aromatic heterocycles. The van der Waals surface area contributed by atoms with Gasteiger partial charge in [0.05, 0.1) is 0 Å². The second kappa shape index (κ2) is 5.63. The fraction of sp³-hybridized carbons (Fsp3) is 0.333. The van der Waals surface area contributed by atoms with Gasteiger partial charge in [0, 0.05) is 30.7 Å². The molecule has 0 unspecified atom stereocenters. The number of para-hydroxylation sites is 1. The van der Waals surface area contributed by atoms with E-state index >= 15 is 0 Å². The van der Waals surface area contributed by atoms with Crippen LogP contribution >= 0.6 is 0 Å². The number of aromatic hydroxyl groups is 1. The standard InChI is InChI=1S/C18H20N2O2/c21-17-3-1-2-13-9-15-11-19-14(10-20-15)8-12-4-6-16(7-5-12)22-18(13)17/h1-7,14-15,19-21H,8-11H2/t14-,15-/m0/s1. The van der Waals surface area contributed by atoms with Crippen LogP contribution in [0.3, 0.4) is 0 Å². The Kier molecular flexibility index (Phi) is 3.48. The summed E-state index contributed by atoms with van der Waals surface area (Å²) in [7, 11) is 0. The van der Waals surface area contributed by atoms with Crippen molar-refractivity contribution in [2.75, 3.05) is 13.1 Å². The van der Waals surface area contributed by atoms with E-state index in [0.29, 0.717) is 17.8 Å². The number of nitrogens with one attached hydrogen (secondary N) is 2. The molecule has 3 N–H and O–H groups in total. The summed E-state index contributed by atoms with van der Waals surface area (Å²) in [5, 5.41) is 17.4. The molecule has 0 aliphatic carbocycles. The average molecular weight is 296 g/mol. The summed E-state index contributed by atoms with van der Waals surface area (Å²) < 4.78 is 5.97. The van der Waals surface area contributed by atoms with Crippen LogP contribution in [0.25, 0.3) is 0 Å². The fourth-order valence-corrected chi connectivity index (χ4v) is 3.26. The number of hydrogen-bond acceptors (Lipinski definition) is 4. The van der Waals surface area contributed by atoms with Gasteiger partial charge in [-0.05, 0) is 36.6 Å². The average Bonchev–Trinajstić information content (AvgIpc) is 2.57. The normalized spacial score (nSPS) is 23.8. The molecule has 4 heteroatoms. The van der Waals surface area contributed by atoms with Crippen LogP contribution in [0.4, 0.5) is 0 Å². The van der Waals surface area contributed by atoms with Crippen LogP contribution in [0.15, 0.2) is 42.5 Å². The van der Waals surface area contributed by atoms with Gasteiger partial charge in [0.1, 0.15) is 5.75 Å². The van der Waals surface area contributed by atoms with E-state index in [1.807, 2.05) is 24.3 Å². The van der Waals surface area contributed by atoms with Gasteiger partial charge in [0.15, 0.2) is 11.5 Å². The first kappa shape index (κ1) is 13.6. The second-order valence-corrected chi connectivity index (χ2v) is 6.13. The monoisotopic (exact) mass is 296 g/mol. The Balaban J connectivity index is 1.77. The Morgan fingerprint density at radius 2 is 1.64 bits per heavy atom. The van der Waals surface area contributed by atoms with E-state index in [1.165, 1.54) is 5.56 Å². The molecule has 2 atom stereocenters.